The number of hydrogen-bond acceptors (Lipinski definition) is 8. The minimum atomic E-state index is -1.14. The van der Waals surface area contributed by atoms with E-state index < -0.39 is 59.8 Å². The number of carbonyl (C=O) groups excluding carboxylic acids is 4. The number of nitrogens with one attached hydrogen (secondary N) is 2. The van der Waals surface area contributed by atoms with E-state index in [1.165, 1.54) is 21.6 Å². The molecular weight excluding hydrogens is 681 g/mol. The van der Waals surface area contributed by atoms with Crippen LogP contribution in [0.5, 0.6) is 0 Å². The van der Waals surface area contributed by atoms with E-state index in [0.29, 0.717) is 50.3 Å². The summed E-state index contributed by atoms with van der Waals surface area (Å²) in [6.45, 7) is 4.43. The number of nitrogens with zero attached hydrogens (tertiary/aromatic N) is 2. The number of benzene rings is 2. The third-order valence-electron chi connectivity index (χ3n) is 9.03. The Morgan fingerprint density at radius 3 is 1.36 bits per heavy atom. The standard InChI is InChI=1S/C36H46N4O8S2/c1-23(33(43)39-17-9-15-29(39)31(41)37-27(35(45)46)19-25-11-5-3-6-12-25)21-49-50-22-24(2)34(44)40-18-10-16-30(40)32(42)38-28(36(47)48)20-26-13-7-4-8-14-26/h3-8,11-14,23-24,27-30H,9-10,15-22H2,1-2H3,(H,37,41)(H,38,42)(H,45,46)(H,47,48). The Hall–Kier alpha value is -4.04. The van der Waals surface area contributed by atoms with Gasteiger partial charge in [-0.1, -0.05) is 96.1 Å². The Morgan fingerprint density at radius 2 is 1.02 bits per heavy atom. The van der Waals surface area contributed by atoms with Crippen LogP contribution in [0.15, 0.2) is 60.7 Å². The molecule has 4 amide bonds. The second-order valence-corrected chi connectivity index (χ2v) is 15.5. The van der Waals surface area contributed by atoms with Gasteiger partial charge >= 0.3 is 11.9 Å². The molecule has 6 atom stereocenters. The Balaban J connectivity index is 1.22. The molecule has 0 bridgehead atoms. The Bertz CT molecular complexity index is 1390. The second-order valence-electron chi connectivity index (χ2n) is 12.9. The van der Waals surface area contributed by atoms with Crippen LogP contribution < -0.4 is 10.6 Å². The zero-order chi connectivity index (χ0) is 36.2. The monoisotopic (exact) mass is 726 g/mol. The molecule has 4 N–H and O–H groups in total. The molecule has 4 rings (SSSR count). The minimum absolute atomic E-state index is 0.138. The summed E-state index contributed by atoms with van der Waals surface area (Å²) in [5, 5.41) is 24.7. The molecule has 2 heterocycles. The van der Waals surface area contributed by atoms with E-state index in [1.807, 2.05) is 36.4 Å². The van der Waals surface area contributed by atoms with E-state index >= 15 is 0 Å². The normalized spacial score (nSPS) is 19.6. The first-order valence-electron chi connectivity index (χ1n) is 17.0. The summed E-state index contributed by atoms with van der Waals surface area (Å²) < 4.78 is 0. The largest absolute Gasteiger partial charge is 0.480 e. The molecule has 0 saturated carbocycles. The lowest BCUT2D eigenvalue weighted by Gasteiger charge is -2.28. The molecule has 0 aliphatic carbocycles. The van der Waals surface area contributed by atoms with Crippen molar-refractivity contribution in [3.05, 3.63) is 71.8 Å². The first-order valence-corrected chi connectivity index (χ1v) is 19.4. The number of carboxylic acid groups (broad SMARTS) is 2. The van der Waals surface area contributed by atoms with E-state index in [-0.39, 0.29) is 24.7 Å². The molecule has 2 saturated heterocycles. The zero-order valence-electron chi connectivity index (χ0n) is 28.4. The quantitative estimate of drug-likeness (QED) is 0.140. The van der Waals surface area contributed by atoms with Gasteiger partial charge in [0, 0.05) is 49.3 Å². The molecule has 0 radical (unpaired) electrons. The van der Waals surface area contributed by atoms with Gasteiger partial charge in [-0.2, -0.15) is 0 Å². The minimum Gasteiger partial charge on any atom is -0.480 e. The molecule has 2 aliphatic rings. The van der Waals surface area contributed by atoms with Crippen molar-refractivity contribution in [2.24, 2.45) is 11.8 Å². The molecule has 2 fully saturated rings. The van der Waals surface area contributed by atoms with Crippen molar-refractivity contribution >= 4 is 57.2 Å². The van der Waals surface area contributed by atoms with Crippen LogP contribution in [0.1, 0.15) is 50.7 Å². The molecule has 0 spiro atoms. The van der Waals surface area contributed by atoms with Crippen LogP contribution >= 0.6 is 21.6 Å². The molecule has 270 valence electrons. The van der Waals surface area contributed by atoms with Crippen LogP contribution in [0.3, 0.4) is 0 Å². The highest BCUT2D eigenvalue weighted by atomic mass is 33.1. The summed E-state index contributed by atoms with van der Waals surface area (Å²) in [4.78, 5) is 79.9. The van der Waals surface area contributed by atoms with Crippen molar-refractivity contribution in [2.75, 3.05) is 24.6 Å². The molecule has 2 aliphatic heterocycles. The summed E-state index contributed by atoms with van der Waals surface area (Å²) in [5.74, 6) is -3.47. The zero-order valence-corrected chi connectivity index (χ0v) is 30.0. The fourth-order valence-electron chi connectivity index (χ4n) is 6.25. The molecule has 14 heteroatoms. The highest BCUT2D eigenvalue weighted by Crippen LogP contribution is 2.30. The van der Waals surface area contributed by atoms with Gasteiger partial charge in [-0.05, 0) is 36.8 Å². The van der Waals surface area contributed by atoms with Gasteiger partial charge in [-0.3, -0.25) is 19.2 Å². The van der Waals surface area contributed by atoms with Crippen molar-refractivity contribution in [3.63, 3.8) is 0 Å². The van der Waals surface area contributed by atoms with Crippen molar-refractivity contribution in [1.82, 2.24) is 20.4 Å². The fraction of sp³-hybridized carbons (Fsp3) is 0.500. The smallest absolute Gasteiger partial charge is 0.326 e. The summed E-state index contributed by atoms with van der Waals surface area (Å²) >= 11 is 0. The summed E-state index contributed by atoms with van der Waals surface area (Å²) in [5.41, 5.74) is 1.57. The number of amides is 4. The number of likely N-dealkylation sites (tertiary alicyclic amines) is 2. The van der Waals surface area contributed by atoms with E-state index in [2.05, 4.69) is 10.6 Å². The van der Waals surface area contributed by atoms with Crippen LogP contribution in [-0.2, 0) is 41.6 Å². The van der Waals surface area contributed by atoms with E-state index in [9.17, 15) is 39.0 Å². The van der Waals surface area contributed by atoms with Gasteiger partial charge in [0.2, 0.25) is 23.6 Å². The van der Waals surface area contributed by atoms with Crippen LogP contribution in [0.2, 0.25) is 0 Å². The maximum Gasteiger partial charge on any atom is 0.326 e. The van der Waals surface area contributed by atoms with Crippen molar-refractivity contribution in [2.45, 2.75) is 76.5 Å². The van der Waals surface area contributed by atoms with Crippen LogP contribution in [0, 0.1) is 11.8 Å². The fourth-order valence-corrected chi connectivity index (χ4v) is 8.94. The summed E-state index contributed by atoms with van der Waals surface area (Å²) in [6, 6.07) is 14.4. The van der Waals surface area contributed by atoms with Crippen LogP contribution in [0.4, 0.5) is 0 Å². The third-order valence-corrected chi connectivity index (χ3v) is 11.8. The maximum absolute atomic E-state index is 13.4. The van der Waals surface area contributed by atoms with Gasteiger partial charge in [0.15, 0.2) is 0 Å². The van der Waals surface area contributed by atoms with E-state index in [0.717, 1.165) is 11.1 Å². The van der Waals surface area contributed by atoms with Gasteiger partial charge in [-0.15, -0.1) is 0 Å². The Morgan fingerprint density at radius 1 is 0.660 bits per heavy atom. The first kappa shape index (κ1) is 38.8. The Labute approximate surface area is 300 Å². The predicted molar refractivity (Wildman–Crippen MR) is 192 cm³/mol. The Kier molecular flexibility index (Phi) is 14.6. The van der Waals surface area contributed by atoms with Gasteiger partial charge < -0.3 is 30.6 Å². The molecule has 12 nitrogen and oxygen atoms in total. The molecule has 6 unspecified atom stereocenters. The van der Waals surface area contributed by atoms with Crippen molar-refractivity contribution in [1.29, 1.82) is 0 Å². The molecule has 0 aromatic heterocycles. The lowest BCUT2D eigenvalue weighted by atomic mass is 10.1. The lowest BCUT2D eigenvalue weighted by molar-refractivity contribution is -0.145. The van der Waals surface area contributed by atoms with Crippen LogP contribution in [-0.4, -0.2) is 104 Å². The summed E-state index contributed by atoms with van der Waals surface area (Å²) in [6.07, 6.45) is 2.49. The second kappa shape index (κ2) is 18.8. The number of carboxylic acids is 2. The van der Waals surface area contributed by atoms with Crippen molar-refractivity contribution in [3.8, 4) is 0 Å². The number of carbonyl (C=O) groups is 6. The van der Waals surface area contributed by atoms with Gasteiger partial charge in [0.05, 0.1) is 0 Å². The molecule has 50 heavy (non-hydrogen) atoms. The predicted octanol–water partition coefficient (Wildman–Crippen LogP) is 3.25. The number of aliphatic carboxylic acids is 2. The number of rotatable bonds is 17. The summed E-state index contributed by atoms with van der Waals surface area (Å²) in [7, 11) is 2.91. The highest BCUT2D eigenvalue weighted by molar-refractivity contribution is 8.76. The molecule has 2 aromatic carbocycles. The number of hydrogen-bond donors (Lipinski definition) is 4. The molecule has 2 aromatic rings. The lowest BCUT2D eigenvalue weighted by Crippen LogP contribution is -2.52. The van der Waals surface area contributed by atoms with E-state index in [1.54, 1.807) is 47.9 Å². The van der Waals surface area contributed by atoms with Gasteiger partial charge in [-0.25, -0.2) is 9.59 Å². The topological polar surface area (TPSA) is 173 Å². The third kappa shape index (κ3) is 10.7. The average Bonchev–Trinajstić information content (AvgIpc) is 3.80. The maximum atomic E-state index is 13.4. The van der Waals surface area contributed by atoms with Crippen LogP contribution in [0.25, 0.3) is 0 Å². The molecular formula is C36H46N4O8S2. The van der Waals surface area contributed by atoms with Crippen molar-refractivity contribution < 1.29 is 39.0 Å². The van der Waals surface area contributed by atoms with Gasteiger partial charge in [0.25, 0.3) is 0 Å². The highest BCUT2D eigenvalue weighted by Gasteiger charge is 2.39. The first-order chi connectivity index (χ1) is 24.0. The van der Waals surface area contributed by atoms with Gasteiger partial charge in [0.1, 0.15) is 24.2 Å². The van der Waals surface area contributed by atoms with E-state index in [4.69, 9.17) is 0 Å². The average molecular weight is 727 g/mol. The SMILES string of the molecule is CC(CSSCC(C)C(=O)N1CCCC1C(=O)NC(Cc1ccccc1)C(=O)O)C(=O)N1CCCC1C(=O)NC(Cc1ccccc1)C(=O)O.